The normalized spacial score (nSPS) is 25.9. The second-order valence-corrected chi connectivity index (χ2v) is 16.4. The lowest BCUT2D eigenvalue weighted by atomic mass is 9.70. The Bertz CT molecular complexity index is 1200. The van der Waals surface area contributed by atoms with Crippen molar-refractivity contribution in [3.05, 3.63) is 95.5 Å². The number of hydrogen-bond donors (Lipinski definition) is 0. The minimum Gasteiger partial charge on any atom is -0.487 e. The van der Waals surface area contributed by atoms with Gasteiger partial charge in [-0.3, -0.25) is 4.79 Å². The highest BCUT2D eigenvalue weighted by Crippen LogP contribution is 2.52. The topological polar surface area (TPSA) is 80.3 Å². The molecule has 2 aromatic rings. The number of carbonyl (C=O) groups is 2. The van der Waals surface area contributed by atoms with Gasteiger partial charge in [-0.15, -0.1) is 0 Å². The van der Waals surface area contributed by atoms with Crippen molar-refractivity contribution in [2.24, 2.45) is 5.92 Å². The first-order valence-electron chi connectivity index (χ1n) is 12.6. The summed E-state index contributed by atoms with van der Waals surface area (Å²) < 4.78 is 30.0. The molecule has 3 heterocycles. The molecule has 0 amide bonds. The van der Waals surface area contributed by atoms with Gasteiger partial charge in [0.2, 0.25) is 0 Å². The second-order valence-electron chi connectivity index (χ2n) is 10.8. The van der Waals surface area contributed by atoms with E-state index in [9.17, 15) is 9.59 Å². The fraction of sp³-hybridized carbons (Fsp3) is 0.379. The molecule has 2 aromatic carbocycles. The van der Waals surface area contributed by atoms with Crippen LogP contribution in [0.1, 0.15) is 11.1 Å². The summed E-state index contributed by atoms with van der Waals surface area (Å²) in [4.78, 5) is 26.2. The number of fused-ring (bicyclic) bond motifs is 1. The van der Waals surface area contributed by atoms with Crippen LogP contribution < -0.4 is 0 Å². The van der Waals surface area contributed by atoms with E-state index in [-0.39, 0.29) is 13.2 Å². The summed E-state index contributed by atoms with van der Waals surface area (Å²) in [6.07, 6.45) is 1.40. The van der Waals surface area contributed by atoms with Crippen molar-refractivity contribution >= 4 is 20.0 Å². The summed E-state index contributed by atoms with van der Waals surface area (Å²) in [7, 11) is -1.38. The Kier molecular flexibility index (Phi) is 6.96. The van der Waals surface area contributed by atoms with Crippen molar-refractivity contribution in [2.45, 2.75) is 56.7 Å². The maximum Gasteiger partial charge on any atom is 0.337 e. The maximum atomic E-state index is 13.1. The van der Waals surface area contributed by atoms with Crippen molar-refractivity contribution < 1.29 is 33.3 Å². The zero-order valence-electron chi connectivity index (χ0n) is 21.3. The summed E-state index contributed by atoms with van der Waals surface area (Å²) in [5, 5.41) is 0. The predicted octanol–water partition coefficient (Wildman–Crippen LogP) is 4.76. The van der Waals surface area contributed by atoms with Crippen LogP contribution in [0.4, 0.5) is 0 Å². The van der Waals surface area contributed by atoms with Gasteiger partial charge in [0, 0.05) is 8.07 Å². The molecule has 0 saturated carbocycles. The highest BCUT2D eigenvalue weighted by Gasteiger charge is 2.69. The third kappa shape index (κ3) is 5.08. The first-order chi connectivity index (χ1) is 17.8. The van der Waals surface area contributed by atoms with E-state index in [1.165, 1.54) is 6.26 Å². The van der Waals surface area contributed by atoms with E-state index in [1.54, 1.807) is 6.08 Å². The first-order valence-corrected chi connectivity index (χ1v) is 16.3. The summed E-state index contributed by atoms with van der Waals surface area (Å²) in [6.45, 7) is 7.50. The van der Waals surface area contributed by atoms with E-state index in [4.69, 9.17) is 23.7 Å². The van der Waals surface area contributed by atoms with Crippen LogP contribution in [0.5, 0.6) is 0 Å². The number of esters is 2. The van der Waals surface area contributed by atoms with E-state index in [1.807, 2.05) is 60.7 Å². The molecule has 1 saturated heterocycles. The molecule has 7 nitrogen and oxygen atoms in total. The van der Waals surface area contributed by atoms with Crippen molar-refractivity contribution in [1.29, 1.82) is 0 Å². The molecule has 4 aliphatic rings. The molecule has 6 rings (SSSR count). The third-order valence-electron chi connectivity index (χ3n) is 6.89. The minimum absolute atomic E-state index is 0.229. The number of hydrogen-bond acceptors (Lipinski definition) is 7. The zero-order chi connectivity index (χ0) is 26.0. The smallest absolute Gasteiger partial charge is 0.337 e. The van der Waals surface area contributed by atoms with Gasteiger partial charge in [-0.1, -0.05) is 86.4 Å². The van der Waals surface area contributed by atoms with E-state index in [0.29, 0.717) is 17.9 Å². The van der Waals surface area contributed by atoms with E-state index in [2.05, 4.69) is 19.6 Å². The number of rotatable bonds is 10. The van der Waals surface area contributed by atoms with Crippen LogP contribution in [0.15, 0.2) is 84.3 Å². The fourth-order valence-electron chi connectivity index (χ4n) is 4.84. The van der Waals surface area contributed by atoms with Crippen LogP contribution >= 0.6 is 0 Å². The lowest BCUT2D eigenvalue weighted by molar-refractivity contribution is -0.220. The molecule has 37 heavy (non-hydrogen) atoms. The highest BCUT2D eigenvalue weighted by atomic mass is 28.3. The van der Waals surface area contributed by atoms with Gasteiger partial charge in [0.05, 0.1) is 18.8 Å². The van der Waals surface area contributed by atoms with Gasteiger partial charge >= 0.3 is 11.9 Å². The molecule has 2 bridgehead atoms. The van der Waals surface area contributed by atoms with Gasteiger partial charge in [-0.05, 0) is 17.2 Å². The summed E-state index contributed by atoms with van der Waals surface area (Å²) in [5.41, 5.74) is 0.944. The molecule has 8 heteroatoms. The quantitative estimate of drug-likeness (QED) is 0.330. The number of ether oxygens (including phenoxy) is 5. The Balaban J connectivity index is 1.43. The standard InChI is InChI=1S/C29H32O7Si/c1-37(2,3)15-14-32-27(30)22-16-23-28(31)36-25(22)26-29(23,35-18-21-12-8-5-9-13-21)24(19-34-26)33-17-20-10-6-4-7-11-20/h4-13,16,19,23,25-26H,14-15,17-18H2,1-3H3/t23-,25-,26+,29-/m0/s1. The Morgan fingerprint density at radius 2 is 1.62 bits per heavy atom. The lowest BCUT2D eigenvalue weighted by Crippen LogP contribution is -2.66. The monoisotopic (exact) mass is 520 g/mol. The van der Waals surface area contributed by atoms with Crippen molar-refractivity contribution in [3.8, 4) is 0 Å². The Hall–Kier alpha value is -3.36. The minimum atomic E-state index is -1.38. The summed E-state index contributed by atoms with van der Waals surface area (Å²) in [6, 6.07) is 20.3. The van der Waals surface area contributed by atoms with Crippen LogP contribution in [0.3, 0.4) is 0 Å². The highest BCUT2D eigenvalue weighted by molar-refractivity contribution is 6.76. The van der Waals surface area contributed by atoms with Gasteiger partial charge < -0.3 is 23.7 Å². The molecule has 1 fully saturated rings. The van der Waals surface area contributed by atoms with Crippen LogP contribution in [0.2, 0.25) is 25.7 Å². The van der Waals surface area contributed by atoms with Gasteiger partial charge in [0.1, 0.15) is 18.8 Å². The molecule has 0 spiro atoms. The van der Waals surface area contributed by atoms with Gasteiger partial charge in [0.25, 0.3) is 0 Å². The Labute approximate surface area is 218 Å². The molecule has 194 valence electrons. The van der Waals surface area contributed by atoms with Gasteiger partial charge in [-0.2, -0.15) is 0 Å². The van der Waals surface area contributed by atoms with Crippen LogP contribution in [-0.2, 0) is 46.5 Å². The largest absolute Gasteiger partial charge is 0.487 e. The van der Waals surface area contributed by atoms with Crippen LogP contribution in [0.25, 0.3) is 0 Å². The van der Waals surface area contributed by atoms with Crippen molar-refractivity contribution in [2.75, 3.05) is 6.61 Å². The molecule has 0 aromatic heterocycles. The zero-order valence-corrected chi connectivity index (χ0v) is 22.3. The Morgan fingerprint density at radius 1 is 0.973 bits per heavy atom. The molecule has 0 N–H and O–H groups in total. The van der Waals surface area contributed by atoms with Crippen molar-refractivity contribution in [3.63, 3.8) is 0 Å². The molecular formula is C29H32O7Si. The average Bonchev–Trinajstić information content (AvgIpc) is 3.27. The maximum absolute atomic E-state index is 13.1. The van der Waals surface area contributed by atoms with E-state index >= 15 is 0 Å². The SMILES string of the molecule is C[Si](C)(C)CCOC(=O)C1=C[C@H]2C(=O)O[C@@H]1[C@H]1OC=C(OCc3ccccc3)[C@]12OCc1ccccc1. The Morgan fingerprint density at radius 3 is 2.27 bits per heavy atom. The second kappa shape index (κ2) is 10.2. The van der Waals surface area contributed by atoms with Crippen LogP contribution in [-0.4, -0.2) is 44.4 Å². The summed E-state index contributed by atoms with van der Waals surface area (Å²) in [5.74, 6) is -1.48. The van der Waals surface area contributed by atoms with E-state index in [0.717, 1.165) is 17.2 Å². The molecule has 0 unspecified atom stereocenters. The third-order valence-corrected chi connectivity index (χ3v) is 8.60. The lowest BCUT2D eigenvalue weighted by Gasteiger charge is -2.49. The van der Waals surface area contributed by atoms with Gasteiger partial charge in [-0.25, -0.2) is 4.79 Å². The first kappa shape index (κ1) is 25.3. The fourth-order valence-corrected chi connectivity index (χ4v) is 5.56. The molecule has 4 atom stereocenters. The predicted molar refractivity (Wildman–Crippen MR) is 139 cm³/mol. The average molecular weight is 521 g/mol. The molecule has 0 radical (unpaired) electrons. The van der Waals surface area contributed by atoms with Gasteiger partial charge in [0.15, 0.2) is 23.6 Å². The molecule has 3 aliphatic heterocycles. The molecular weight excluding hydrogens is 488 g/mol. The van der Waals surface area contributed by atoms with Crippen molar-refractivity contribution in [1.82, 2.24) is 0 Å². The molecule has 1 aliphatic carbocycles. The van der Waals surface area contributed by atoms with E-state index < -0.39 is 43.7 Å². The van der Waals surface area contributed by atoms with Crippen LogP contribution in [0, 0.1) is 5.92 Å². The number of carbonyl (C=O) groups excluding carboxylic acids is 2. The summed E-state index contributed by atoms with van der Waals surface area (Å²) >= 11 is 0. The number of benzene rings is 2.